The van der Waals surface area contributed by atoms with Gasteiger partial charge in [0, 0.05) is 19.2 Å². The van der Waals surface area contributed by atoms with Gasteiger partial charge in [-0.3, -0.25) is 14.9 Å². The normalized spacial score (nSPS) is 21.9. The first-order valence-corrected chi connectivity index (χ1v) is 7.11. The van der Waals surface area contributed by atoms with Gasteiger partial charge in [-0.25, -0.2) is 0 Å². The van der Waals surface area contributed by atoms with E-state index in [1.165, 1.54) is 12.1 Å². The summed E-state index contributed by atoms with van der Waals surface area (Å²) < 4.78 is 5.35. The zero-order chi connectivity index (χ0) is 15.4. The minimum Gasteiger partial charge on any atom is -0.477 e. The number of likely N-dealkylation sites (tertiary alicyclic amines) is 1. The van der Waals surface area contributed by atoms with Gasteiger partial charge in [0.1, 0.15) is 0 Å². The quantitative estimate of drug-likeness (QED) is 0.631. The van der Waals surface area contributed by atoms with Gasteiger partial charge in [-0.05, 0) is 24.3 Å². The van der Waals surface area contributed by atoms with Crippen molar-refractivity contribution < 1.29 is 14.5 Å². The Labute approximate surface area is 123 Å². The molecule has 1 heterocycles. The number of para-hydroxylation sites is 2. The Morgan fingerprint density at radius 1 is 1.33 bits per heavy atom. The second-order valence-electron chi connectivity index (χ2n) is 5.76. The summed E-state index contributed by atoms with van der Waals surface area (Å²) in [6, 6.07) is 6.09. The highest BCUT2D eigenvalue weighted by molar-refractivity contribution is 5.78. The van der Waals surface area contributed by atoms with E-state index in [0.717, 1.165) is 19.5 Å². The fourth-order valence-electron chi connectivity index (χ4n) is 2.83. The van der Waals surface area contributed by atoms with E-state index in [2.05, 4.69) is 13.8 Å². The van der Waals surface area contributed by atoms with Crippen molar-refractivity contribution >= 4 is 11.6 Å². The van der Waals surface area contributed by atoms with Crippen molar-refractivity contribution in [2.45, 2.75) is 20.3 Å². The smallest absolute Gasteiger partial charge is 0.310 e. The molecule has 0 unspecified atom stereocenters. The summed E-state index contributed by atoms with van der Waals surface area (Å²) in [5.74, 6) is 0.966. The molecule has 0 aliphatic carbocycles. The molecule has 0 radical (unpaired) electrons. The van der Waals surface area contributed by atoms with E-state index in [-0.39, 0.29) is 24.0 Å². The molecule has 0 spiro atoms. The summed E-state index contributed by atoms with van der Waals surface area (Å²) in [5.41, 5.74) is -0.120. The number of hydrogen-bond acceptors (Lipinski definition) is 4. The highest BCUT2D eigenvalue weighted by Gasteiger charge is 2.26. The summed E-state index contributed by atoms with van der Waals surface area (Å²) in [7, 11) is 0. The summed E-state index contributed by atoms with van der Waals surface area (Å²) >= 11 is 0. The van der Waals surface area contributed by atoms with Crippen LogP contribution in [-0.4, -0.2) is 35.4 Å². The van der Waals surface area contributed by atoms with Crippen LogP contribution >= 0.6 is 0 Å². The third-order valence-electron chi connectivity index (χ3n) is 3.63. The maximum Gasteiger partial charge on any atom is 0.310 e. The third-order valence-corrected chi connectivity index (χ3v) is 3.63. The number of hydrogen-bond donors (Lipinski definition) is 0. The molecule has 0 bridgehead atoms. The monoisotopic (exact) mass is 292 g/mol. The van der Waals surface area contributed by atoms with E-state index in [9.17, 15) is 14.9 Å². The van der Waals surface area contributed by atoms with E-state index in [1.54, 1.807) is 17.0 Å². The van der Waals surface area contributed by atoms with Crippen LogP contribution in [0.3, 0.4) is 0 Å². The topological polar surface area (TPSA) is 72.7 Å². The van der Waals surface area contributed by atoms with Crippen molar-refractivity contribution in [1.29, 1.82) is 0 Å². The molecule has 6 nitrogen and oxygen atoms in total. The molecule has 2 rings (SSSR count). The van der Waals surface area contributed by atoms with Gasteiger partial charge in [0.2, 0.25) is 0 Å². The Bertz CT molecular complexity index is 522. The van der Waals surface area contributed by atoms with Crippen molar-refractivity contribution in [2.24, 2.45) is 11.8 Å². The standard InChI is InChI=1S/C15H20N2O4/c1-11-7-12(2)9-16(8-11)15(18)10-21-14-6-4-3-5-13(14)17(19)20/h3-6,11-12H,7-10H2,1-2H3/t11-,12-/m1/s1. The lowest BCUT2D eigenvalue weighted by atomic mass is 9.92. The molecule has 1 aromatic carbocycles. The molecule has 0 N–H and O–H groups in total. The first-order chi connectivity index (χ1) is 9.97. The molecule has 0 saturated carbocycles. The molecule has 1 aliphatic heterocycles. The van der Waals surface area contributed by atoms with Gasteiger partial charge in [0.15, 0.2) is 12.4 Å². The van der Waals surface area contributed by atoms with Crippen LogP contribution in [0.25, 0.3) is 0 Å². The van der Waals surface area contributed by atoms with Crippen LogP contribution in [0, 0.1) is 22.0 Å². The number of amides is 1. The number of benzene rings is 1. The van der Waals surface area contributed by atoms with Crippen LogP contribution < -0.4 is 4.74 Å². The molecular weight excluding hydrogens is 272 g/mol. The SMILES string of the molecule is C[C@@H]1C[C@@H](C)CN(C(=O)COc2ccccc2[N+](=O)[O-])C1. The van der Waals surface area contributed by atoms with E-state index >= 15 is 0 Å². The third kappa shape index (κ3) is 3.93. The second-order valence-corrected chi connectivity index (χ2v) is 5.76. The van der Waals surface area contributed by atoms with Crippen molar-refractivity contribution in [3.8, 4) is 5.75 Å². The van der Waals surface area contributed by atoms with Crippen LogP contribution in [0.15, 0.2) is 24.3 Å². The lowest BCUT2D eigenvalue weighted by Gasteiger charge is -2.34. The van der Waals surface area contributed by atoms with E-state index in [0.29, 0.717) is 11.8 Å². The molecule has 21 heavy (non-hydrogen) atoms. The predicted molar refractivity (Wildman–Crippen MR) is 78.1 cm³/mol. The van der Waals surface area contributed by atoms with Crippen LogP contribution in [0.5, 0.6) is 5.75 Å². The summed E-state index contributed by atoms with van der Waals surface area (Å²) in [6.07, 6.45) is 1.12. The lowest BCUT2D eigenvalue weighted by molar-refractivity contribution is -0.385. The van der Waals surface area contributed by atoms with Gasteiger partial charge in [-0.15, -0.1) is 0 Å². The highest BCUT2D eigenvalue weighted by atomic mass is 16.6. The molecular formula is C15H20N2O4. The average Bonchev–Trinajstić information content (AvgIpc) is 2.43. The zero-order valence-corrected chi connectivity index (χ0v) is 12.3. The molecule has 1 aliphatic rings. The fourth-order valence-corrected chi connectivity index (χ4v) is 2.83. The van der Waals surface area contributed by atoms with Crippen molar-refractivity contribution in [1.82, 2.24) is 4.90 Å². The number of nitrogens with zero attached hydrogens (tertiary/aromatic N) is 2. The molecule has 2 atom stereocenters. The maximum atomic E-state index is 12.2. The predicted octanol–water partition coefficient (Wildman–Crippen LogP) is 2.48. The minimum absolute atomic E-state index is 0.119. The largest absolute Gasteiger partial charge is 0.477 e. The number of rotatable bonds is 4. The maximum absolute atomic E-state index is 12.2. The Balaban J connectivity index is 1.97. The van der Waals surface area contributed by atoms with Gasteiger partial charge in [-0.2, -0.15) is 0 Å². The molecule has 6 heteroatoms. The summed E-state index contributed by atoms with van der Waals surface area (Å²) in [6.45, 7) is 5.54. The van der Waals surface area contributed by atoms with Crippen molar-refractivity contribution in [3.63, 3.8) is 0 Å². The van der Waals surface area contributed by atoms with E-state index < -0.39 is 4.92 Å². The first kappa shape index (κ1) is 15.3. The zero-order valence-electron chi connectivity index (χ0n) is 12.3. The Hall–Kier alpha value is -2.11. The Morgan fingerprint density at radius 3 is 2.57 bits per heavy atom. The molecule has 1 saturated heterocycles. The van der Waals surface area contributed by atoms with Crippen LogP contribution in [-0.2, 0) is 4.79 Å². The lowest BCUT2D eigenvalue weighted by Crippen LogP contribution is -2.44. The number of piperidine rings is 1. The van der Waals surface area contributed by atoms with E-state index in [4.69, 9.17) is 4.74 Å². The highest BCUT2D eigenvalue weighted by Crippen LogP contribution is 2.26. The fraction of sp³-hybridized carbons (Fsp3) is 0.533. The number of nitro benzene ring substituents is 1. The van der Waals surface area contributed by atoms with Crippen LogP contribution in [0.4, 0.5) is 5.69 Å². The van der Waals surface area contributed by atoms with Crippen LogP contribution in [0.2, 0.25) is 0 Å². The number of carbonyl (C=O) groups is 1. The number of carbonyl (C=O) groups excluding carboxylic acids is 1. The summed E-state index contributed by atoms with van der Waals surface area (Å²) in [5, 5.41) is 10.9. The van der Waals surface area contributed by atoms with Gasteiger partial charge < -0.3 is 9.64 Å². The Morgan fingerprint density at radius 2 is 1.95 bits per heavy atom. The van der Waals surface area contributed by atoms with Crippen molar-refractivity contribution in [2.75, 3.05) is 19.7 Å². The molecule has 1 amide bonds. The van der Waals surface area contributed by atoms with Crippen LogP contribution in [0.1, 0.15) is 20.3 Å². The van der Waals surface area contributed by atoms with Gasteiger partial charge in [0.25, 0.3) is 5.91 Å². The number of nitro groups is 1. The number of ether oxygens (including phenoxy) is 1. The van der Waals surface area contributed by atoms with Gasteiger partial charge >= 0.3 is 5.69 Å². The average molecular weight is 292 g/mol. The molecule has 1 fully saturated rings. The van der Waals surface area contributed by atoms with E-state index in [1.807, 2.05) is 0 Å². The Kier molecular flexibility index (Phi) is 4.77. The molecule has 0 aromatic heterocycles. The minimum atomic E-state index is -0.509. The van der Waals surface area contributed by atoms with Gasteiger partial charge in [-0.1, -0.05) is 26.0 Å². The second kappa shape index (κ2) is 6.56. The summed E-state index contributed by atoms with van der Waals surface area (Å²) in [4.78, 5) is 24.3. The molecule has 1 aromatic rings. The van der Waals surface area contributed by atoms with Crippen molar-refractivity contribution in [3.05, 3.63) is 34.4 Å². The van der Waals surface area contributed by atoms with Gasteiger partial charge in [0.05, 0.1) is 4.92 Å². The first-order valence-electron chi connectivity index (χ1n) is 7.11. The molecule has 114 valence electrons.